The van der Waals surface area contributed by atoms with Crippen molar-refractivity contribution in [3.8, 4) is 0 Å². The van der Waals surface area contributed by atoms with Crippen molar-refractivity contribution in [2.75, 3.05) is 19.7 Å². The Morgan fingerprint density at radius 3 is 2.71 bits per heavy atom. The molecule has 1 aromatic heterocycles. The summed E-state index contributed by atoms with van der Waals surface area (Å²) in [6, 6.07) is 14.3. The van der Waals surface area contributed by atoms with Crippen LogP contribution in [-0.2, 0) is 6.42 Å². The molecule has 2 N–H and O–H groups in total. The first-order chi connectivity index (χ1) is 11.7. The summed E-state index contributed by atoms with van der Waals surface area (Å²) >= 11 is 1.67. The zero-order valence-electron chi connectivity index (χ0n) is 13.9. The molecule has 3 atom stereocenters. The number of aliphatic hydroxyl groups is 1. The van der Waals surface area contributed by atoms with Gasteiger partial charge in [-0.05, 0) is 29.3 Å². The molecule has 0 saturated carbocycles. The number of benzene rings is 1. The Morgan fingerprint density at radius 1 is 1.29 bits per heavy atom. The van der Waals surface area contributed by atoms with Crippen molar-refractivity contribution in [1.29, 1.82) is 0 Å². The smallest absolute Gasteiger partial charge is 0.317 e. The van der Waals surface area contributed by atoms with Gasteiger partial charge in [0.2, 0.25) is 0 Å². The van der Waals surface area contributed by atoms with Gasteiger partial charge in [-0.1, -0.05) is 43.3 Å². The van der Waals surface area contributed by atoms with E-state index in [1.54, 1.807) is 11.3 Å². The Hall–Kier alpha value is -1.85. The van der Waals surface area contributed by atoms with Crippen LogP contribution in [0.1, 0.15) is 23.4 Å². The summed E-state index contributed by atoms with van der Waals surface area (Å²) in [5, 5.41) is 14.6. The first kappa shape index (κ1) is 17.0. The molecule has 0 radical (unpaired) electrons. The van der Waals surface area contributed by atoms with Gasteiger partial charge < -0.3 is 15.3 Å². The van der Waals surface area contributed by atoms with Crippen LogP contribution in [-0.4, -0.2) is 35.7 Å². The summed E-state index contributed by atoms with van der Waals surface area (Å²) in [6.45, 7) is 3.57. The number of thiophene rings is 1. The van der Waals surface area contributed by atoms with Gasteiger partial charge in [0.05, 0.1) is 6.04 Å². The lowest BCUT2D eigenvalue weighted by Crippen LogP contribution is -2.41. The van der Waals surface area contributed by atoms with Gasteiger partial charge in [0.15, 0.2) is 0 Å². The highest BCUT2D eigenvalue weighted by atomic mass is 32.1. The number of hydrogen-bond acceptors (Lipinski definition) is 3. The number of urea groups is 1. The van der Waals surface area contributed by atoms with Gasteiger partial charge in [0.1, 0.15) is 0 Å². The van der Waals surface area contributed by atoms with Crippen molar-refractivity contribution >= 4 is 17.4 Å². The SMILES string of the molecule is C[C@@H]1CN(C(=O)NC(Cc2ccccc2)c2cccs2)C[C@H]1CO. The normalized spacial score (nSPS) is 21.7. The van der Waals surface area contributed by atoms with Crippen LogP contribution in [0.25, 0.3) is 0 Å². The molecule has 1 aliphatic rings. The highest BCUT2D eigenvalue weighted by molar-refractivity contribution is 7.10. The van der Waals surface area contributed by atoms with Gasteiger partial charge >= 0.3 is 6.03 Å². The molecule has 128 valence electrons. The maximum Gasteiger partial charge on any atom is 0.317 e. The lowest BCUT2D eigenvalue weighted by atomic mass is 10.00. The topological polar surface area (TPSA) is 52.6 Å². The molecule has 4 nitrogen and oxygen atoms in total. The van der Waals surface area contributed by atoms with Crippen molar-refractivity contribution in [2.24, 2.45) is 11.8 Å². The Labute approximate surface area is 147 Å². The molecule has 0 spiro atoms. The predicted molar refractivity (Wildman–Crippen MR) is 97.1 cm³/mol. The summed E-state index contributed by atoms with van der Waals surface area (Å²) in [5.41, 5.74) is 1.21. The Balaban J connectivity index is 1.69. The van der Waals surface area contributed by atoms with Crippen LogP contribution >= 0.6 is 11.3 Å². The van der Waals surface area contributed by atoms with E-state index in [0.717, 1.165) is 11.3 Å². The number of rotatable bonds is 5. The maximum atomic E-state index is 12.7. The molecule has 2 heterocycles. The van der Waals surface area contributed by atoms with E-state index in [2.05, 4.69) is 30.4 Å². The molecule has 1 saturated heterocycles. The minimum Gasteiger partial charge on any atom is -0.396 e. The molecule has 24 heavy (non-hydrogen) atoms. The van der Waals surface area contributed by atoms with E-state index in [4.69, 9.17) is 0 Å². The number of amides is 2. The van der Waals surface area contributed by atoms with E-state index in [-0.39, 0.29) is 24.6 Å². The van der Waals surface area contributed by atoms with Crippen LogP contribution in [0.2, 0.25) is 0 Å². The largest absolute Gasteiger partial charge is 0.396 e. The van der Waals surface area contributed by atoms with Gasteiger partial charge in [-0.25, -0.2) is 4.79 Å². The zero-order chi connectivity index (χ0) is 16.9. The van der Waals surface area contributed by atoms with Gasteiger partial charge in [0, 0.05) is 30.5 Å². The first-order valence-corrected chi connectivity index (χ1v) is 9.29. The number of nitrogens with zero attached hydrogens (tertiary/aromatic N) is 1. The van der Waals surface area contributed by atoms with Gasteiger partial charge in [-0.2, -0.15) is 0 Å². The van der Waals surface area contributed by atoms with E-state index < -0.39 is 0 Å². The average Bonchev–Trinajstić information content (AvgIpc) is 3.24. The number of hydrogen-bond donors (Lipinski definition) is 2. The van der Waals surface area contributed by atoms with Gasteiger partial charge in [-0.3, -0.25) is 0 Å². The van der Waals surface area contributed by atoms with E-state index in [9.17, 15) is 9.90 Å². The van der Waals surface area contributed by atoms with Crippen LogP contribution in [0, 0.1) is 11.8 Å². The summed E-state index contributed by atoms with van der Waals surface area (Å²) in [6.07, 6.45) is 0.778. The summed E-state index contributed by atoms with van der Waals surface area (Å²) < 4.78 is 0. The lowest BCUT2D eigenvalue weighted by Gasteiger charge is -2.23. The predicted octanol–water partition coefficient (Wildman–Crippen LogP) is 3.30. The fraction of sp³-hybridized carbons (Fsp3) is 0.421. The summed E-state index contributed by atoms with van der Waals surface area (Å²) in [7, 11) is 0. The zero-order valence-corrected chi connectivity index (χ0v) is 14.7. The molecule has 0 aliphatic carbocycles. The molecule has 3 rings (SSSR count). The molecular formula is C19H24N2O2S. The van der Waals surface area contributed by atoms with Crippen LogP contribution in [0.5, 0.6) is 0 Å². The van der Waals surface area contributed by atoms with Gasteiger partial charge in [0.25, 0.3) is 0 Å². The number of carbonyl (C=O) groups is 1. The second-order valence-corrected chi connectivity index (χ2v) is 7.51. The fourth-order valence-electron chi connectivity index (χ4n) is 3.24. The molecule has 1 aromatic carbocycles. The third-order valence-electron chi connectivity index (χ3n) is 4.76. The molecule has 2 aromatic rings. The lowest BCUT2D eigenvalue weighted by molar-refractivity contribution is 0.193. The second-order valence-electron chi connectivity index (χ2n) is 6.53. The minimum atomic E-state index is -0.0351. The van der Waals surface area contributed by atoms with Crippen molar-refractivity contribution < 1.29 is 9.90 Å². The van der Waals surface area contributed by atoms with E-state index in [1.165, 1.54) is 5.56 Å². The van der Waals surface area contributed by atoms with Gasteiger partial charge in [-0.15, -0.1) is 11.3 Å². The molecule has 1 aliphatic heterocycles. The summed E-state index contributed by atoms with van der Waals surface area (Å²) in [5.74, 6) is 0.528. The van der Waals surface area contributed by atoms with Crippen LogP contribution in [0.4, 0.5) is 4.79 Å². The Kier molecular flexibility index (Phi) is 5.53. The quantitative estimate of drug-likeness (QED) is 0.874. The van der Waals surface area contributed by atoms with Crippen LogP contribution in [0.15, 0.2) is 47.8 Å². The standard InChI is InChI=1S/C19H24N2O2S/c1-14-11-21(12-16(14)13-22)19(23)20-17(18-8-5-9-24-18)10-15-6-3-2-4-7-15/h2-9,14,16-17,22H,10-13H2,1H3,(H,20,23)/t14-,16+,17?/m1/s1. The molecule has 1 unspecified atom stereocenters. The first-order valence-electron chi connectivity index (χ1n) is 8.41. The van der Waals surface area contributed by atoms with Crippen molar-refractivity contribution in [1.82, 2.24) is 10.2 Å². The van der Waals surface area contributed by atoms with Crippen molar-refractivity contribution in [3.05, 3.63) is 58.3 Å². The van der Waals surface area contributed by atoms with Crippen molar-refractivity contribution in [3.63, 3.8) is 0 Å². The van der Waals surface area contributed by atoms with E-state index >= 15 is 0 Å². The second kappa shape index (κ2) is 7.81. The number of likely N-dealkylation sites (tertiary alicyclic amines) is 1. The minimum absolute atomic E-state index is 0.0246. The monoisotopic (exact) mass is 344 g/mol. The molecule has 2 amide bonds. The highest BCUT2D eigenvalue weighted by Gasteiger charge is 2.32. The van der Waals surface area contributed by atoms with E-state index in [1.807, 2.05) is 34.5 Å². The number of carbonyl (C=O) groups excluding carboxylic acids is 1. The van der Waals surface area contributed by atoms with Crippen LogP contribution in [0.3, 0.4) is 0 Å². The Morgan fingerprint density at radius 2 is 2.08 bits per heavy atom. The van der Waals surface area contributed by atoms with E-state index in [0.29, 0.717) is 19.0 Å². The third kappa shape index (κ3) is 3.97. The number of aliphatic hydroxyl groups excluding tert-OH is 1. The van der Waals surface area contributed by atoms with Crippen LogP contribution < -0.4 is 5.32 Å². The molecule has 5 heteroatoms. The maximum absolute atomic E-state index is 12.7. The molecular weight excluding hydrogens is 320 g/mol. The third-order valence-corrected chi connectivity index (χ3v) is 5.74. The number of nitrogens with one attached hydrogen (secondary N) is 1. The average molecular weight is 344 g/mol. The Bertz CT molecular complexity index is 645. The fourth-order valence-corrected chi connectivity index (χ4v) is 4.02. The molecule has 1 fully saturated rings. The summed E-state index contributed by atoms with van der Waals surface area (Å²) in [4.78, 5) is 15.7. The highest BCUT2D eigenvalue weighted by Crippen LogP contribution is 2.26. The van der Waals surface area contributed by atoms with Crippen molar-refractivity contribution in [2.45, 2.75) is 19.4 Å². The molecule has 0 bridgehead atoms.